The molecule has 2 aromatic heterocycles. The fourth-order valence-electron chi connectivity index (χ4n) is 1.43. The predicted octanol–water partition coefficient (Wildman–Crippen LogP) is 1.68. The highest BCUT2D eigenvalue weighted by atomic mass is 79.9. The summed E-state index contributed by atoms with van der Waals surface area (Å²) in [5.41, 5.74) is 0.362. The molecule has 0 aliphatic rings. The Morgan fingerprint density at radius 3 is 2.95 bits per heavy atom. The molecule has 2 rings (SSSR count). The van der Waals surface area contributed by atoms with E-state index < -0.39 is 10.0 Å². The average Bonchev–Trinajstić information content (AvgIpc) is 2.95. The molecule has 2 heterocycles. The fraction of sp³-hybridized carbons (Fsp3) is 0.300. The Labute approximate surface area is 119 Å². The van der Waals surface area contributed by atoms with Crippen LogP contribution in [0.25, 0.3) is 0 Å². The van der Waals surface area contributed by atoms with Crippen LogP contribution >= 0.6 is 15.9 Å². The van der Waals surface area contributed by atoms with E-state index in [1.807, 2.05) is 6.92 Å². The number of hydrogen-bond acceptors (Lipinski definition) is 5. The van der Waals surface area contributed by atoms with E-state index in [1.54, 1.807) is 0 Å². The van der Waals surface area contributed by atoms with Gasteiger partial charge in [0.25, 0.3) is 10.0 Å². The molecule has 2 aromatic rings. The molecule has 0 amide bonds. The van der Waals surface area contributed by atoms with Crippen molar-refractivity contribution in [2.24, 2.45) is 0 Å². The summed E-state index contributed by atoms with van der Waals surface area (Å²) in [5.74, 6) is 0.543. The van der Waals surface area contributed by atoms with Crippen LogP contribution in [0.2, 0.25) is 0 Å². The smallest absolute Gasteiger partial charge is 0.266 e. The molecule has 0 saturated heterocycles. The second-order valence-corrected chi connectivity index (χ2v) is 6.09. The van der Waals surface area contributed by atoms with Gasteiger partial charge in [0, 0.05) is 12.3 Å². The van der Waals surface area contributed by atoms with E-state index >= 15 is 0 Å². The van der Waals surface area contributed by atoms with E-state index in [2.05, 4.69) is 36.2 Å². The van der Waals surface area contributed by atoms with Crippen molar-refractivity contribution in [1.82, 2.24) is 15.5 Å². The van der Waals surface area contributed by atoms with Gasteiger partial charge in [-0.05, 0) is 22.5 Å². The van der Waals surface area contributed by atoms with Crippen LogP contribution in [0.1, 0.15) is 12.7 Å². The molecule has 0 aliphatic heterocycles. The second kappa shape index (κ2) is 5.76. The van der Waals surface area contributed by atoms with Crippen molar-refractivity contribution in [3.05, 3.63) is 28.9 Å². The van der Waals surface area contributed by atoms with Gasteiger partial charge in [-0.2, -0.15) is 5.10 Å². The molecular formula is C10H13BrN4O3S. The van der Waals surface area contributed by atoms with E-state index in [4.69, 9.17) is 4.42 Å². The number of nitrogens with zero attached hydrogens (tertiary/aromatic N) is 1. The van der Waals surface area contributed by atoms with Crippen molar-refractivity contribution in [1.29, 1.82) is 0 Å². The van der Waals surface area contributed by atoms with Crippen LogP contribution in [-0.2, 0) is 16.6 Å². The maximum absolute atomic E-state index is 12.1. The number of aromatic amines is 1. The summed E-state index contributed by atoms with van der Waals surface area (Å²) in [7, 11) is -3.70. The molecule has 0 bridgehead atoms. The highest BCUT2D eigenvalue weighted by molar-refractivity contribution is 9.10. The zero-order chi connectivity index (χ0) is 13.9. The number of anilines is 1. The van der Waals surface area contributed by atoms with E-state index in [9.17, 15) is 8.42 Å². The number of hydrogen-bond donors (Lipinski definition) is 3. The first kappa shape index (κ1) is 14.1. The zero-order valence-electron chi connectivity index (χ0n) is 10.1. The minimum absolute atomic E-state index is 0.0570. The lowest BCUT2D eigenvalue weighted by molar-refractivity contribution is 0.464. The van der Waals surface area contributed by atoms with Crippen molar-refractivity contribution < 1.29 is 12.8 Å². The Morgan fingerprint density at radius 1 is 1.53 bits per heavy atom. The number of nitrogens with one attached hydrogen (secondary N) is 3. The quantitative estimate of drug-likeness (QED) is 0.737. The van der Waals surface area contributed by atoms with Crippen molar-refractivity contribution in [2.45, 2.75) is 18.4 Å². The minimum Gasteiger partial charge on any atom is -0.451 e. The number of halogens is 1. The molecule has 0 aromatic carbocycles. The number of sulfonamides is 1. The molecule has 0 fully saturated rings. The third-order valence-electron chi connectivity index (χ3n) is 2.30. The monoisotopic (exact) mass is 348 g/mol. The fourth-order valence-corrected chi connectivity index (χ4v) is 3.47. The van der Waals surface area contributed by atoms with Crippen LogP contribution in [0.5, 0.6) is 0 Å². The summed E-state index contributed by atoms with van der Waals surface area (Å²) in [6, 6.07) is 1.48. The molecule has 19 heavy (non-hydrogen) atoms. The lowest BCUT2D eigenvalue weighted by Gasteiger charge is -2.02. The zero-order valence-corrected chi connectivity index (χ0v) is 12.5. The third kappa shape index (κ3) is 3.37. The van der Waals surface area contributed by atoms with Crippen molar-refractivity contribution in [2.75, 3.05) is 11.3 Å². The normalized spacial score (nSPS) is 11.7. The molecule has 104 valence electrons. The molecule has 0 aliphatic carbocycles. The first-order chi connectivity index (χ1) is 9.03. The predicted molar refractivity (Wildman–Crippen MR) is 73.2 cm³/mol. The summed E-state index contributed by atoms with van der Waals surface area (Å²) >= 11 is 3.11. The Bertz CT molecular complexity index is 636. The van der Waals surface area contributed by atoms with Gasteiger partial charge in [-0.15, -0.1) is 0 Å². The first-order valence-electron chi connectivity index (χ1n) is 5.53. The molecule has 0 unspecified atom stereocenters. The second-order valence-electron chi connectivity index (χ2n) is 3.72. The lowest BCUT2D eigenvalue weighted by atomic mass is 10.4. The highest BCUT2D eigenvalue weighted by Gasteiger charge is 2.22. The summed E-state index contributed by atoms with van der Waals surface area (Å²) in [5, 5.41) is 9.26. The molecule has 7 nitrogen and oxygen atoms in total. The Balaban J connectivity index is 2.22. The van der Waals surface area contributed by atoms with Gasteiger partial charge >= 0.3 is 0 Å². The summed E-state index contributed by atoms with van der Waals surface area (Å²) in [4.78, 5) is 0.0570. The van der Waals surface area contributed by atoms with Crippen molar-refractivity contribution in [3.8, 4) is 0 Å². The van der Waals surface area contributed by atoms with Crippen LogP contribution in [0.15, 0.2) is 32.4 Å². The lowest BCUT2D eigenvalue weighted by Crippen LogP contribution is -2.13. The molecular weight excluding hydrogens is 336 g/mol. The molecule has 9 heteroatoms. The van der Waals surface area contributed by atoms with E-state index in [0.717, 1.165) is 6.54 Å². The van der Waals surface area contributed by atoms with E-state index in [-0.39, 0.29) is 9.56 Å². The molecule has 0 radical (unpaired) electrons. The van der Waals surface area contributed by atoms with Crippen molar-refractivity contribution >= 4 is 31.6 Å². The maximum atomic E-state index is 12.1. The van der Waals surface area contributed by atoms with Gasteiger partial charge in [-0.1, -0.05) is 6.92 Å². The summed E-state index contributed by atoms with van der Waals surface area (Å²) in [6.45, 7) is 3.19. The Kier molecular flexibility index (Phi) is 4.27. The molecule has 0 spiro atoms. The minimum atomic E-state index is -3.70. The van der Waals surface area contributed by atoms with Crippen LogP contribution in [0.4, 0.5) is 5.69 Å². The van der Waals surface area contributed by atoms with E-state index in [1.165, 1.54) is 18.5 Å². The third-order valence-corrected chi connectivity index (χ3v) is 4.53. The summed E-state index contributed by atoms with van der Waals surface area (Å²) in [6.07, 6.45) is 2.83. The SMILES string of the molecule is CCNCc1cc(S(=O)(=O)Nc2cn[nH]c2)c(Br)o1. The molecule has 3 N–H and O–H groups in total. The van der Waals surface area contributed by atoms with Gasteiger partial charge in [-0.25, -0.2) is 8.42 Å². The van der Waals surface area contributed by atoms with Gasteiger partial charge in [0.05, 0.1) is 18.4 Å². The summed E-state index contributed by atoms with van der Waals surface area (Å²) < 4.78 is 32.2. The Hall–Kier alpha value is -1.32. The number of H-pyrrole nitrogens is 1. The van der Waals surface area contributed by atoms with E-state index in [0.29, 0.717) is 18.0 Å². The first-order valence-corrected chi connectivity index (χ1v) is 7.81. The molecule has 0 saturated carbocycles. The highest BCUT2D eigenvalue weighted by Crippen LogP contribution is 2.27. The van der Waals surface area contributed by atoms with Crippen LogP contribution in [-0.4, -0.2) is 25.2 Å². The van der Waals surface area contributed by atoms with Gasteiger partial charge in [-0.3, -0.25) is 9.82 Å². The Morgan fingerprint density at radius 2 is 2.32 bits per heavy atom. The van der Waals surface area contributed by atoms with Gasteiger partial charge in [0.2, 0.25) is 0 Å². The van der Waals surface area contributed by atoms with Crippen LogP contribution in [0.3, 0.4) is 0 Å². The number of aromatic nitrogens is 2. The van der Waals surface area contributed by atoms with Gasteiger partial charge in [0.15, 0.2) is 4.67 Å². The molecule has 0 atom stereocenters. The maximum Gasteiger partial charge on any atom is 0.266 e. The topological polar surface area (TPSA) is 100 Å². The van der Waals surface area contributed by atoms with Crippen LogP contribution < -0.4 is 10.0 Å². The average molecular weight is 349 g/mol. The van der Waals surface area contributed by atoms with Gasteiger partial charge < -0.3 is 9.73 Å². The largest absolute Gasteiger partial charge is 0.451 e. The number of furan rings is 1. The van der Waals surface area contributed by atoms with Crippen LogP contribution in [0, 0.1) is 0 Å². The van der Waals surface area contributed by atoms with Crippen molar-refractivity contribution in [3.63, 3.8) is 0 Å². The van der Waals surface area contributed by atoms with Gasteiger partial charge in [0.1, 0.15) is 10.7 Å². The standard InChI is InChI=1S/C10H13BrN4O3S/c1-2-12-6-8-3-9(10(11)18-8)19(16,17)15-7-4-13-14-5-7/h3-5,12,15H,2,6H2,1H3,(H,13,14). The number of rotatable bonds is 6.